The van der Waals surface area contributed by atoms with Crippen LogP contribution < -0.4 is 10.2 Å². The first-order valence-electron chi connectivity index (χ1n) is 9.48. The van der Waals surface area contributed by atoms with Crippen LogP contribution in [0.2, 0.25) is 0 Å². The van der Waals surface area contributed by atoms with Crippen molar-refractivity contribution in [1.29, 1.82) is 0 Å². The molecule has 1 heterocycles. The van der Waals surface area contributed by atoms with Crippen LogP contribution in [0.4, 0.5) is 5.69 Å². The minimum Gasteiger partial charge on any atom is -0.381 e. The van der Waals surface area contributed by atoms with Gasteiger partial charge >= 0.3 is 0 Å². The van der Waals surface area contributed by atoms with E-state index in [1.165, 1.54) is 5.56 Å². The van der Waals surface area contributed by atoms with Crippen LogP contribution in [0.1, 0.15) is 32.3 Å². The van der Waals surface area contributed by atoms with Crippen molar-refractivity contribution in [3.8, 4) is 0 Å². The number of benzene rings is 2. The van der Waals surface area contributed by atoms with Gasteiger partial charge in [-0.2, -0.15) is 0 Å². The number of hydrogen-bond acceptors (Lipinski definition) is 3. The lowest BCUT2D eigenvalue weighted by Crippen LogP contribution is -2.52. The zero-order valence-corrected chi connectivity index (χ0v) is 17.5. The van der Waals surface area contributed by atoms with Gasteiger partial charge in [0.05, 0.1) is 6.54 Å². The first-order valence-corrected chi connectivity index (χ1v) is 10.3. The third-order valence-corrected chi connectivity index (χ3v) is 5.61. The second-order valence-corrected chi connectivity index (χ2v) is 8.17. The summed E-state index contributed by atoms with van der Waals surface area (Å²) in [6.45, 7) is 5.77. The molecule has 2 aromatic rings. The minimum atomic E-state index is -0.239. The van der Waals surface area contributed by atoms with Crippen molar-refractivity contribution in [2.45, 2.75) is 38.3 Å². The molecule has 27 heavy (non-hydrogen) atoms. The third-order valence-electron chi connectivity index (χ3n) is 5.12. The predicted molar refractivity (Wildman–Crippen MR) is 113 cm³/mol. The molecule has 0 aliphatic carbocycles. The number of nitrogens with one attached hydrogen (secondary N) is 1. The fourth-order valence-corrected chi connectivity index (χ4v) is 4.12. The maximum absolute atomic E-state index is 13.1. The van der Waals surface area contributed by atoms with Crippen molar-refractivity contribution < 1.29 is 9.53 Å². The van der Waals surface area contributed by atoms with Crippen molar-refractivity contribution in [3.05, 3.63) is 64.6 Å². The highest BCUT2D eigenvalue weighted by molar-refractivity contribution is 9.10. The number of ether oxygens (including phenoxy) is 1. The maximum Gasteiger partial charge on any atom is 0.241 e. The van der Waals surface area contributed by atoms with Crippen LogP contribution in [0.3, 0.4) is 0 Å². The van der Waals surface area contributed by atoms with E-state index in [9.17, 15) is 4.79 Å². The molecule has 5 heteroatoms. The standard InChI is InChI=1S/C22H27BrN2O2/c1-17(2)25(20-9-4-3-5-10-20)21(26)16-24-22(11-13-27-14-12-22)18-7-6-8-19(23)15-18/h3-10,15,17,24H,11-14,16H2,1-2H3. The molecule has 144 valence electrons. The van der Waals surface area contributed by atoms with E-state index < -0.39 is 0 Å². The fraction of sp³-hybridized carbons (Fsp3) is 0.409. The Kier molecular flexibility index (Phi) is 6.68. The van der Waals surface area contributed by atoms with Gasteiger partial charge in [-0.3, -0.25) is 10.1 Å². The molecule has 0 atom stereocenters. The number of para-hydroxylation sites is 1. The molecule has 0 unspecified atom stereocenters. The molecule has 0 spiro atoms. The highest BCUT2D eigenvalue weighted by atomic mass is 79.9. The Hall–Kier alpha value is -1.69. The van der Waals surface area contributed by atoms with Gasteiger partial charge in [-0.1, -0.05) is 46.3 Å². The van der Waals surface area contributed by atoms with Gasteiger partial charge in [0.25, 0.3) is 0 Å². The number of hydrogen-bond donors (Lipinski definition) is 1. The zero-order valence-electron chi connectivity index (χ0n) is 16.0. The number of rotatable bonds is 6. The zero-order chi connectivity index (χ0) is 19.3. The van der Waals surface area contributed by atoms with Crippen molar-refractivity contribution in [3.63, 3.8) is 0 Å². The van der Waals surface area contributed by atoms with Crippen molar-refractivity contribution >= 4 is 27.5 Å². The van der Waals surface area contributed by atoms with Crippen LogP contribution in [-0.2, 0) is 15.1 Å². The second kappa shape index (κ2) is 9.00. The Morgan fingerprint density at radius 3 is 2.48 bits per heavy atom. The molecule has 0 radical (unpaired) electrons. The lowest BCUT2D eigenvalue weighted by atomic mass is 9.82. The molecule has 4 nitrogen and oxygen atoms in total. The number of halogens is 1. The van der Waals surface area contributed by atoms with Crippen molar-refractivity contribution in [2.24, 2.45) is 0 Å². The third kappa shape index (κ3) is 4.78. The Balaban J connectivity index is 1.79. The van der Waals surface area contributed by atoms with Gasteiger partial charge < -0.3 is 9.64 Å². The van der Waals surface area contributed by atoms with E-state index in [1.807, 2.05) is 61.2 Å². The van der Waals surface area contributed by atoms with E-state index >= 15 is 0 Å². The SMILES string of the molecule is CC(C)N(C(=O)CNC1(c2cccc(Br)c2)CCOCC1)c1ccccc1. The monoisotopic (exact) mass is 430 g/mol. The number of anilines is 1. The number of carbonyl (C=O) groups excluding carboxylic acids is 1. The van der Waals surface area contributed by atoms with Gasteiger partial charge in [0.2, 0.25) is 5.91 Å². The first-order chi connectivity index (χ1) is 13.0. The van der Waals surface area contributed by atoms with E-state index in [1.54, 1.807) is 0 Å². The smallest absolute Gasteiger partial charge is 0.241 e. The highest BCUT2D eigenvalue weighted by Crippen LogP contribution is 2.33. The van der Waals surface area contributed by atoms with Gasteiger partial charge in [-0.05, 0) is 56.5 Å². The normalized spacial score (nSPS) is 16.3. The average Bonchev–Trinajstić information content (AvgIpc) is 2.68. The van der Waals surface area contributed by atoms with Crippen LogP contribution in [0, 0.1) is 0 Å². The molecule has 0 aromatic heterocycles. The van der Waals surface area contributed by atoms with Gasteiger partial charge in [-0.25, -0.2) is 0 Å². The summed E-state index contributed by atoms with van der Waals surface area (Å²) in [7, 11) is 0. The highest BCUT2D eigenvalue weighted by Gasteiger charge is 2.35. The number of nitrogens with zero attached hydrogens (tertiary/aromatic N) is 1. The van der Waals surface area contributed by atoms with Crippen LogP contribution in [-0.4, -0.2) is 31.7 Å². The largest absolute Gasteiger partial charge is 0.381 e. The summed E-state index contributed by atoms with van der Waals surface area (Å²) in [5.41, 5.74) is 1.89. The molecule has 3 rings (SSSR count). The molecule has 1 N–H and O–H groups in total. The number of amides is 1. The molecule has 1 saturated heterocycles. The Labute approximate surface area is 170 Å². The Bertz CT molecular complexity index is 758. The summed E-state index contributed by atoms with van der Waals surface area (Å²) in [6, 6.07) is 18.3. The molecule has 0 saturated carbocycles. The minimum absolute atomic E-state index is 0.0806. The van der Waals surface area contributed by atoms with E-state index in [0.717, 1.165) is 23.0 Å². The molecule has 1 fully saturated rings. The van der Waals surface area contributed by atoms with Gasteiger partial charge in [0.1, 0.15) is 0 Å². The summed E-state index contributed by atoms with van der Waals surface area (Å²) in [4.78, 5) is 15.0. The van der Waals surface area contributed by atoms with Crippen molar-refractivity contribution in [1.82, 2.24) is 5.32 Å². The topological polar surface area (TPSA) is 41.6 Å². The Morgan fingerprint density at radius 2 is 1.85 bits per heavy atom. The van der Waals surface area contributed by atoms with E-state index in [-0.39, 0.29) is 17.5 Å². The van der Waals surface area contributed by atoms with Crippen LogP contribution in [0.15, 0.2) is 59.1 Å². The average molecular weight is 431 g/mol. The van der Waals surface area contributed by atoms with E-state index in [4.69, 9.17) is 4.74 Å². The first kappa shape index (κ1) is 20.1. The van der Waals surface area contributed by atoms with Gasteiger partial charge in [0, 0.05) is 35.0 Å². The Morgan fingerprint density at radius 1 is 1.15 bits per heavy atom. The van der Waals surface area contributed by atoms with Crippen LogP contribution in [0.5, 0.6) is 0 Å². The fourth-order valence-electron chi connectivity index (χ4n) is 3.72. The predicted octanol–water partition coefficient (Wildman–Crippen LogP) is 4.49. The molecule has 2 aromatic carbocycles. The summed E-state index contributed by atoms with van der Waals surface area (Å²) in [6.07, 6.45) is 1.70. The molecule has 0 bridgehead atoms. The van der Waals surface area contributed by atoms with Crippen LogP contribution >= 0.6 is 15.9 Å². The number of carbonyl (C=O) groups is 1. The molecular weight excluding hydrogens is 404 g/mol. The molecule has 1 aliphatic rings. The summed E-state index contributed by atoms with van der Waals surface area (Å²) in [5, 5.41) is 3.59. The van der Waals surface area contributed by atoms with Crippen LogP contribution in [0.25, 0.3) is 0 Å². The lowest BCUT2D eigenvalue weighted by molar-refractivity contribution is -0.118. The van der Waals surface area contributed by atoms with Crippen molar-refractivity contribution in [2.75, 3.05) is 24.7 Å². The van der Waals surface area contributed by atoms with E-state index in [2.05, 4.69) is 33.4 Å². The molecule has 1 amide bonds. The second-order valence-electron chi connectivity index (χ2n) is 7.25. The van der Waals surface area contributed by atoms with E-state index in [0.29, 0.717) is 19.8 Å². The summed E-state index contributed by atoms with van der Waals surface area (Å²) < 4.78 is 6.64. The van der Waals surface area contributed by atoms with Gasteiger partial charge in [0.15, 0.2) is 0 Å². The molecular formula is C22H27BrN2O2. The lowest BCUT2D eigenvalue weighted by Gasteiger charge is -2.39. The summed E-state index contributed by atoms with van der Waals surface area (Å²) >= 11 is 3.57. The maximum atomic E-state index is 13.1. The van der Waals surface area contributed by atoms with Gasteiger partial charge in [-0.15, -0.1) is 0 Å². The molecule has 1 aliphatic heterocycles. The quantitative estimate of drug-likeness (QED) is 0.733. The summed E-state index contributed by atoms with van der Waals surface area (Å²) in [5.74, 6) is 0.0806.